The topological polar surface area (TPSA) is 77.9 Å². The summed E-state index contributed by atoms with van der Waals surface area (Å²) < 4.78 is 39.9. The summed E-state index contributed by atoms with van der Waals surface area (Å²) in [4.78, 5) is 10.8. The Morgan fingerprint density at radius 1 is 1.42 bits per heavy atom. The number of aromatic carboxylic acids is 1. The average Bonchev–Trinajstić information content (AvgIpc) is 2.58. The van der Waals surface area contributed by atoms with Crippen molar-refractivity contribution >= 4 is 16.2 Å². The van der Waals surface area contributed by atoms with E-state index in [-0.39, 0.29) is 18.7 Å². The van der Waals surface area contributed by atoms with Gasteiger partial charge in [-0.2, -0.15) is 17.0 Å². The number of carboxylic acids is 1. The van der Waals surface area contributed by atoms with Crippen LogP contribution < -0.4 is 0 Å². The van der Waals surface area contributed by atoms with Crippen molar-refractivity contribution in [1.29, 1.82) is 0 Å². The van der Waals surface area contributed by atoms with Crippen molar-refractivity contribution in [3.8, 4) is 0 Å². The zero-order valence-corrected chi connectivity index (χ0v) is 11.0. The second kappa shape index (κ2) is 4.87. The summed E-state index contributed by atoms with van der Waals surface area (Å²) in [5.41, 5.74) is -0.402. The van der Waals surface area contributed by atoms with Crippen LogP contribution >= 0.6 is 0 Å². The van der Waals surface area contributed by atoms with Crippen LogP contribution in [-0.4, -0.2) is 48.2 Å². The van der Waals surface area contributed by atoms with E-state index in [0.717, 1.165) is 10.4 Å². The fraction of sp³-hybridized carbons (Fsp3) is 0.364. The molecule has 0 radical (unpaired) electrons. The van der Waals surface area contributed by atoms with Gasteiger partial charge in [-0.25, -0.2) is 9.18 Å². The molecular weight excluding hydrogens is 275 g/mol. The molecule has 2 rings (SSSR count). The summed E-state index contributed by atoms with van der Waals surface area (Å²) in [5.74, 6) is -2.26. The van der Waals surface area contributed by atoms with Crippen LogP contribution in [0.25, 0.3) is 0 Å². The highest BCUT2D eigenvalue weighted by molar-refractivity contribution is 7.86. The van der Waals surface area contributed by atoms with E-state index in [2.05, 4.69) is 0 Å². The van der Waals surface area contributed by atoms with Crippen LogP contribution in [0.15, 0.2) is 18.2 Å². The molecule has 0 saturated carbocycles. The van der Waals surface area contributed by atoms with Crippen molar-refractivity contribution in [1.82, 2.24) is 8.61 Å². The van der Waals surface area contributed by atoms with Gasteiger partial charge in [0, 0.05) is 32.2 Å². The molecule has 1 fully saturated rings. The summed E-state index contributed by atoms with van der Waals surface area (Å²) in [6.45, 7) is 0.428. The fourth-order valence-corrected chi connectivity index (χ4v) is 3.22. The molecule has 1 aliphatic heterocycles. The lowest BCUT2D eigenvalue weighted by atomic mass is 10.1. The Balaban J connectivity index is 2.31. The first-order valence-electron chi connectivity index (χ1n) is 5.56. The summed E-state index contributed by atoms with van der Waals surface area (Å²) in [5, 5.41) is 8.82. The first-order valence-corrected chi connectivity index (χ1v) is 6.96. The predicted octanol–water partition coefficient (Wildman–Crippen LogP) is 0.516. The van der Waals surface area contributed by atoms with Gasteiger partial charge in [-0.3, -0.25) is 0 Å². The van der Waals surface area contributed by atoms with Gasteiger partial charge in [0.2, 0.25) is 0 Å². The van der Waals surface area contributed by atoms with Gasteiger partial charge < -0.3 is 5.11 Å². The van der Waals surface area contributed by atoms with Gasteiger partial charge in [-0.15, -0.1) is 0 Å². The Bertz CT molecular complexity index is 617. The second-order valence-corrected chi connectivity index (χ2v) is 6.28. The quantitative estimate of drug-likeness (QED) is 0.879. The zero-order valence-electron chi connectivity index (χ0n) is 10.2. The Hall–Kier alpha value is -1.51. The number of carboxylic acid groups (broad SMARTS) is 1. The zero-order chi connectivity index (χ0) is 14.2. The van der Waals surface area contributed by atoms with Gasteiger partial charge in [-0.05, 0) is 6.07 Å². The van der Waals surface area contributed by atoms with Crippen LogP contribution in [0.2, 0.25) is 0 Å². The van der Waals surface area contributed by atoms with E-state index >= 15 is 0 Å². The normalized spacial score (nSPS) is 19.7. The molecule has 0 amide bonds. The number of hydrogen-bond acceptors (Lipinski definition) is 3. The molecule has 0 aromatic heterocycles. The number of rotatable bonds is 3. The summed E-state index contributed by atoms with van der Waals surface area (Å²) in [6, 6.07) is 3.93. The fourth-order valence-electron chi connectivity index (χ4n) is 1.90. The third kappa shape index (κ3) is 2.46. The molecule has 1 saturated heterocycles. The van der Waals surface area contributed by atoms with Crippen molar-refractivity contribution < 1.29 is 22.7 Å². The molecule has 8 heteroatoms. The summed E-state index contributed by atoms with van der Waals surface area (Å²) in [7, 11) is -2.12. The third-order valence-electron chi connectivity index (χ3n) is 3.04. The number of hydrogen-bond donors (Lipinski definition) is 1. The molecule has 1 N–H and O–H groups in total. The van der Waals surface area contributed by atoms with E-state index in [4.69, 9.17) is 5.11 Å². The lowest BCUT2D eigenvalue weighted by Gasteiger charge is -2.16. The molecule has 1 aromatic rings. The van der Waals surface area contributed by atoms with Gasteiger partial charge in [0.1, 0.15) is 5.82 Å². The monoisotopic (exact) mass is 288 g/mol. The number of benzene rings is 1. The van der Waals surface area contributed by atoms with E-state index in [1.807, 2.05) is 0 Å². The van der Waals surface area contributed by atoms with Crippen molar-refractivity contribution in [2.75, 3.05) is 20.1 Å². The van der Waals surface area contributed by atoms with Crippen LogP contribution in [0, 0.1) is 5.82 Å². The van der Waals surface area contributed by atoms with Crippen molar-refractivity contribution in [2.45, 2.75) is 6.54 Å². The van der Waals surface area contributed by atoms with Crippen LogP contribution in [0.1, 0.15) is 15.9 Å². The van der Waals surface area contributed by atoms with Crippen LogP contribution in [-0.2, 0) is 16.8 Å². The van der Waals surface area contributed by atoms with E-state index in [0.29, 0.717) is 6.54 Å². The molecule has 6 nitrogen and oxygen atoms in total. The Morgan fingerprint density at radius 3 is 2.63 bits per heavy atom. The minimum atomic E-state index is -3.56. The van der Waals surface area contributed by atoms with Gasteiger partial charge in [0.25, 0.3) is 10.2 Å². The molecule has 0 unspecified atom stereocenters. The molecule has 19 heavy (non-hydrogen) atoms. The van der Waals surface area contributed by atoms with Crippen molar-refractivity contribution in [3.05, 3.63) is 35.1 Å². The molecule has 0 bridgehead atoms. The maximum atomic E-state index is 13.9. The largest absolute Gasteiger partial charge is 0.478 e. The van der Waals surface area contributed by atoms with Gasteiger partial charge >= 0.3 is 5.97 Å². The first kappa shape index (κ1) is 13.9. The van der Waals surface area contributed by atoms with Crippen LogP contribution in [0.5, 0.6) is 0 Å². The maximum absolute atomic E-state index is 13.9. The minimum absolute atomic E-state index is 0.0544. The van der Waals surface area contributed by atoms with Gasteiger partial charge in [0.05, 0.1) is 5.56 Å². The Kier molecular flexibility index (Phi) is 3.57. The predicted molar refractivity (Wildman–Crippen MR) is 65.3 cm³/mol. The molecule has 0 atom stereocenters. The van der Waals surface area contributed by atoms with E-state index in [9.17, 15) is 17.6 Å². The highest BCUT2D eigenvalue weighted by Crippen LogP contribution is 2.20. The highest BCUT2D eigenvalue weighted by Gasteiger charge is 2.34. The maximum Gasteiger partial charge on any atom is 0.338 e. The molecule has 104 valence electrons. The lowest BCUT2D eigenvalue weighted by Crippen LogP contribution is -2.30. The van der Waals surface area contributed by atoms with E-state index < -0.39 is 27.6 Å². The molecule has 1 aromatic carbocycles. The first-order chi connectivity index (χ1) is 8.84. The minimum Gasteiger partial charge on any atom is -0.478 e. The summed E-state index contributed by atoms with van der Waals surface area (Å²) in [6.07, 6.45) is 0. The van der Waals surface area contributed by atoms with Crippen molar-refractivity contribution in [2.24, 2.45) is 0 Å². The Labute approximate surface area is 110 Å². The smallest absolute Gasteiger partial charge is 0.338 e. The molecule has 0 aliphatic carbocycles. The lowest BCUT2D eigenvalue weighted by molar-refractivity contribution is 0.0691. The number of nitrogens with zero attached hydrogens (tertiary/aromatic N) is 2. The van der Waals surface area contributed by atoms with E-state index in [1.165, 1.54) is 23.5 Å². The van der Waals surface area contributed by atoms with Crippen LogP contribution in [0.4, 0.5) is 4.39 Å². The number of carbonyl (C=O) groups is 1. The molecule has 1 aliphatic rings. The molecular formula is C11H13FN2O4S. The standard InChI is InChI=1S/C11H13FN2O4S/c1-13-5-6-14(19(13,17)18)7-8-3-2-4-9(10(8)12)11(15)16/h2-4H,5-7H2,1H3,(H,15,16). The van der Waals surface area contributed by atoms with E-state index in [1.54, 1.807) is 0 Å². The van der Waals surface area contributed by atoms with Crippen LogP contribution in [0.3, 0.4) is 0 Å². The number of likely N-dealkylation sites (N-methyl/N-ethyl adjacent to an activating group) is 1. The average molecular weight is 288 g/mol. The molecule has 1 heterocycles. The summed E-state index contributed by atoms with van der Waals surface area (Å²) >= 11 is 0. The molecule has 0 spiro atoms. The Morgan fingerprint density at radius 2 is 2.11 bits per heavy atom. The number of halogens is 1. The SMILES string of the molecule is CN1CCN(Cc2cccc(C(=O)O)c2F)S1(=O)=O. The van der Waals surface area contributed by atoms with Crippen molar-refractivity contribution in [3.63, 3.8) is 0 Å². The van der Waals surface area contributed by atoms with Gasteiger partial charge in [0.15, 0.2) is 0 Å². The second-order valence-electron chi connectivity index (χ2n) is 4.25. The van der Waals surface area contributed by atoms with Gasteiger partial charge in [-0.1, -0.05) is 12.1 Å². The third-order valence-corrected chi connectivity index (χ3v) is 4.97. The highest BCUT2D eigenvalue weighted by atomic mass is 32.2.